The van der Waals surface area contributed by atoms with Crippen LogP contribution in [0.3, 0.4) is 0 Å². The van der Waals surface area contributed by atoms with Crippen molar-refractivity contribution in [2.45, 2.75) is 30.0 Å². The highest BCUT2D eigenvalue weighted by Crippen LogP contribution is 2.39. The molecule has 1 unspecified atom stereocenters. The minimum atomic E-state index is -4.43. The number of fused-ring (bicyclic) bond motifs is 1. The lowest BCUT2D eigenvalue weighted by Crippen LogP contribution is -2.34. The van der Waals surface area contributed by atoms with Crippen LogP contribution in [0.4, 0.5) is 18.9 Å². The summed E-state index contributed by atoms with van der Waals surface area (Å²) in [5, 5.41) is 5.27. The van der Waals surface area contributed by atoms with Crippen molar-refractivity contribution in [2.75, 3.05) is 11.4 Å². The number of nitrogens with two attached hydrogens (primary N) is 1. The van der Waals surface area contributed by atoms with Gasteiger partial charge in [0.25, 0.3) is 0 Å². The summed E-state index contributed by atoms with van der Waals surface area (Å²) in [5.41, 5.74) is 2.42. The number of rotatable bonds is 4. The van der Waals surface area contributed by atoms with E-state index >= 15 is 0 Å². The number of nitrogens with zero attached hydrogens (tertiary/aromatic N) is 1. The van der Waals surface area contributed by atoms with Crippen LogP contribution in [0, 0.1) is 0 Å². The first kappa shape index (κ1) is 21.4. The standard InChI is InChI=1S/C23H21F3N2O2S/c24-23(25,26)20-9-10-22-18(12-20)11-19(15-28(22)14-16-5-2-1-3-6-16)17-7-4-8-21(13-17)31(27,29)30/h1-10,12-13,19H,11,14-15H2,(H2,27,29,30). The maximum Gasteiger partial charge on any atom is 0.416 e. The van der Waals surface area contributed by atoms with Crippen molar-refractivity contribution in [3.63, 3.8) is 0 Å². The average molecular weight is 446 g/mol. The van der Waals surface area contributed by atoms with Gasteiger partial charge in [0.2, 0.25) is 10.0 Å². The molecule has 1 aliphatic heterocycles. The quantitative estimate of drug-likeness (QED) is 0.632. The molecule has 8 heteroatoms. The fourth-order valence-corrected chi connectivity index (χ4v) is 4.62. The third-order valence-electron chi connectivity index (χ3n) is 5.53. The molecule has 2 N–H and O–H groups in total. The van der Waals surface area contributed by atoms with E-state index in [0.717, 1.165) is 22.9 Å². The van der Waals surface area contributed by atoms with E-state index in [1.54, 1.807) is 12.1 Å². The van der Waals surface area contributed by atoms with Crippen molar-refractivity contribution in [1.29, 1.82) is 0 Å². The summed E-state index contributed by atoms with van der Waals surface area (Å²) in [7, 11) is -3.88. The molecule has 1 heterocycles. The van der Waals surface area contributed by atoms with Gasteiger partial charge in [0, 0.05) is 24.7 Å². The van der Waals surface area contributed by atoms with Crippen molar-refractivity contribution in [2.24, 2.45) is 5.14 Å². The third kappa shape index (κ3) is 4.75. The number of halogens is 3. The van der Waals surface area contributed by atoms with E-state index in [1.165, 1.54) is 24.3 Å². The van der Waals surface area contributed by atoms with Crippen molar-refractivity contribution in [3.05, 3.63) is 95.1 Å². The molecular formula is C23H21F3N2O2S. The number of sulfonamides is 1. The molecule has 0 aliphatic carbocycles. The van der Waals surface area contributed by atoms with Crippen LogP contribution < -0.4 is 10.0 Å². The van der Waals surface area contributed by atoms with Crippen molar-refractivity contribution < 1.29 is 21.6 Å². The Bertz CT molecular complexity index is 1190. The minimum absolute atomic E-state index is 0.00514. The van der Waals surface area contributed by atoms with Gasteiger partial charge in [0.05, 0.1) is 10.5 Å². The first-order valence-electron chi connectivity index (χ1n) is 9.73. The largest absolute Gasteiger partial charge is 0.416 e. The van der Waals surface area contributed by atoms with Gasteiger partial charge in [0.1, 0.15) is 0 Å². The second kappa shape index (κ2) is 8.01. The number of benzene rings is 3. The lowest BCUT2D eigenvalue weighted by atomic mass is 9.86. The van der Waals surface area contributed by atoms with Crippen molar-refractivity contribution in [1.82, 2.24) is 0 Å². The molecule has 3 aromatic rings. The first-order valence-corrected chi connectivity index (χ1v) is 11.3. The average Bonchev–Trinajstić information content (AvgIpc) is 2.73. The van der Waals surface area contributed by atoms with Gasteiger partial charge in [0.15, 0.2) is 0 Å². The minimum Gasteiger partial charge on any atom is -0.366 e. The van der Waals surface area contributed by atoms with Gasteiger partial charge in [-0.25, -0.2) is 13.6 Å². The normalized spacial score (nSPS) is 16.8. The highest BCUT2D eigenvalue weighted by molar-refractivity contribution is 7.89. The molecule has 0 saturated carbocycles. The molecule has 162 valence electrons. The summed E-state index contributed by atoms with van der Waals surface area (Å²) in [6, 6.07) is 19.8. The number of hydrogen-bond acceptors (Lipinski definition) is 3. The van der Waals surface area contributed by atoms with Gasteiger partial charge in [-0.1, -0.05) is 42.5 Å². The molecule has 1 atom stereocenters. The lowest BCUT2D eigenvalue weighted by Gasteiger charge is -2.37. The first-order chi connectivity index (χ1) is 14.6. The molecule has 4 rings (SSSR count). The van der Waals surface area contributed by atoms with Crippen LogP contribution >= 0.6 is 0 Å². The monoisotopic (exact) mass is 446 g/mol. The molecule has 31 heavy (non-hydrogen) atoms. The van der Waals surface area contributed by atoms with Gasteiger partial charge >= 0.3 is 6.18 Å². The maximum atomic E-state index is 13.3. The highest BCUT2D eigenvalue weighted by Gasteiger charge is 2.33. The van der Waals surface area contributed by atoms with Crippen molar-refractivity contribution in [3.8, 4) is 0 Å². The van der Waals surface area contributed by atoms with Crippen LogP contribution in [0.15, 0.2) is 77.7 Å². The van der Waals surface area contributed by atoms with Crippen LogP contribution in [0.25, 0.3) is 0 Å². The SMILES string of the molecule is NS(=O)(=O)c1cccc(C2Cc3cc(C(F)(F)F)ccc3N(Cc3ccccc3)C2)c1. The Morgan fingerprint density at radius 2 is 1.71 bits per heavy atom. The summed E-state index contributed by atoms with van der Waals surface area (Å²) in [6.45, 7) is 1.08. The molecular weight excluding hydrogens is 425 g/mol. The zero-order chi connectivity index (χ0) is 22.2. The van der Waals surface area contributed by atoms with Crippen LogP contribution in [0.1, 0.15) is 28.2 Å². The number of primary sulfonamides is 1. The topological polar surface area (TPSA) is 63.4 Å². The van der Waals surface area contributed by atoms with E-state index in [0.29, 0.717) is 25.1 Å². The lowest BCUT2D eigenvalue weighted by molar-refractivity contribution is -0.137. The summed E-state index contributed by atoms with van der Waals surface area (Å²) >= 11 is 0. The van der Waals surface area contributed by atoms with Gasteiger partial charge in [-0.05, 0) is 53.4 Å². The Hall–Kier alpha value is -2.84. The zero-order valence-electron chi connectivity index (χ0n) is 16.5. The number of hydrogen-bond donors (Lipinski definition) is 1. The molecule has 4 nitrogen and oxygen atoms in total. The van der Waals surface area contributed by atoms with E-state index in [9.17, 15) is 21.6 Å². The summed E-state index contributed by atoms with van der Waals surface area (Å²) in [6.07, 6.45) is -4.06. The van der Waals surface area contributed by atoms with E-state index in [2.05, 4.69) is 0 Å². The zero-order valence-corrected chi connectivity index (χ0v) is 17.3. The van der Waals surface area contributed by atoms with Gasteiger partial charge in [-0.2, -0.15) is 13.2 Å². The van der Waals surface area contributed by atoms with E-state index in [1.807, 2.05) is 35.2 Å². The molecule has 0 radical (unpaired) electrons. The Kier molecular flexibility index (Phi) is 5.53. The molecule has 0 spiro atoms. The summed E-state index contributed by atoms with van der Waals surface area (Å²) in [5.74, 6) is -0.179. The molecule has 0 fully saturated rings. The molecule has 1 aliphatic rings. The van der Waals surface area contributed by atoms with Gasteiger partial charge in [-0.3, -0.25) is 0 Å². The highest BCUT2D eigenvalue weighted by atomic mass is 32.2. The Balaban J connectivity index is 1.75. The Morgan fingerprint density at radius 1 is 0.968 bits per heavy atom. The third-order valence-corrected chi connectivity index (χ3v) is 6.44. The Morgan fingerprint density at radius 3 is 2.39 bits per heavy atom. The van der Waals surface area contributed by atoms with Gasteiger partial charge < -0.3 is 4.90 Å². The molecule has 0 amide bonds. The Labute approximate surface area is 179 Å². The van der Waals surface area contributed by atoms with Crippen LogP contribution in [-0.4, -0.2) is 15.0 Å². The maximum absolute atomic E-state index is 13.3. The van der Waals surface area contributed by atoms with Crippen LogP contribution in [0.2, 0.25) is 0 Å². The predicted molar refractivity (Wildman–Crippen MR) is 113 cm³/mol. The second-order valence-electron chi connectivity index (χ2n) is 7.73. The van der Waals surface area contributed by atoms with Crippen molar-refractivity contribution >= 4 is 15.7 Å². The smallest absolute Gasteiger partial charge is 0.366 e. The summed E-state index contributed by atoms with van der Waals surface area (Å²) in [4.78, 5) is 2.04. The molecule has 0 bridgehead atoms. The number of alkyl halides is 3. The van der Waals surface area contributed by atoms with E-state index in [-0.39, 0.29) is 10.8 Å². The van der Waals surface area contributed by atoms with E-state index in [4.69, 9.17) is 5.14 Å². The van der Waals surface area contributed by atoms with E-state index < -0.39 is 21.8 Å². The van der Waals surface area contributed by atoms with Crippen LogP contribution in [-0.2, 0) is 29.2 Å². The fourth-order valence-electron chi connectivity index (χ4n) is 4.05. The molecule has 3 aromatic carbocycles. The predicted octanol–water partition coefficient (Wildman–Crippen LogP) is 4.70. The van der Waals surface area contributed by atoms with Gasteiger partial charge in [-0.15, -0.1) is 0 Å². The summed E-state index contributed by atoms with van der Waals surface area (Å²) < 4.78 is 63.5. The molecule has 0 aromatic heterocycles. The van der Waals surface area contributed by atoms with Crippen LogP contribution in [0.5, 0.6) is 0 Å². The number of anilines is 1. The molecule has 0 saturated heterocycles. The second-order valence-corrected chi connectivity index (χ2v) is 9.29. The fraction of sp³-hybridized carbons (Fsp3) is 0.217.